The summed E-state index contributed by atoms with van der Waals surface area (Å²) in [6.45, 7) is 3.25. The van der Waals surface area contributed by atoms with Gasteiger partial charge in [-0.3, -0.25) is 0 Å². The minimum atomic E-state index is 0.508. The van der Waals surface area contributed by atoms with Crippen LogP contribution in [0.5, 0.6) is 0 Å². The Balaban J connectivity index is 1.78. The lowest BCUT2D eigenvalue weighted by molar-refractivity contribution is 0.375. The van der Waals surface area contributed by atoms with E-state index in [4.69, 9.17) is 5.26 Å². The third-order valence-electron chi connectivity index (χ3n) is 3.83. The first kappa shape index (κ1) is 10.5. The Bertz CT molecular complexity index is 451. The molecule has 0 aromatic carbocycles. The smallest absolute Gasteiger partial charge is 0.142 e. The molecule has 0 spiro atoms. The molecule has 2 atom stereocenters. The van der Waals surface area contributed by atoms with Crippen molar-refractivity contribution in [2.24, 2.45) is 5.92 Å². The molecule has 17 heavy (non-hydrogen) atoms. The Morgan fingerprint density at radius 1 is 1.41 bits per heavy atom. The van der Waals surface area contributed by atoms with Gasteiger partial charge in [0.2, 0.25) is 0 Å². The standard InChI is InChI=1S/C13H16N4/c14-8-11-2-1-3-13(16-11)17-7-5-12-10(9-17)4-6-15-12/h1-3,10,12,15H,4-7,9H2. The molecule has 4 heteroatoms. The van der Waals surface area contributed by atoms with E-state index in [9.17, 15) is 0 Å². The summed E-state index contributed by atoms with van der Waals surface area (Å²) in [6, 6.07) is 8.48. The Morgan fingerprint density at radius 3 is 3.24 bits per heavy atom. The highest BCUT2D eigenvalue weighted by atomic mass is 15.2. The number of rotatable bonds is 1. The van der Waals surface area contributed by atoms with Crippen molar-refractivity contribution in [2.75, 3.05) is 24.5 Å². The summed E-state index contributed by atoms with van der Waals surface area (Å²) in [5.74, 6) is 1.70. The van der Waals surface area contributed by atoms with Crippen LogP contribution in [0, 0.1) is 17.2 Å². The van der Waals surface area contributed by atoms with Gasteiger partial charge in [0.1, 0.15) is 17.6 Å². The molecular weight excluding hydrogens is 212 g/mol. The summed E-state index contributed by atoms with van der Waals surface area (Å²) in [5, 5.41) is 12.4. The van der Waals surface area contributed by atoms with Crippen molar-refractivity contribution in [3.63, 3.8) is 0 Å². The second-order valence-electron chi connectivity index (χ2n) is 4.84. The maximum Gasteiger partial charge on any atom is 0.142 e. The second kappa shape index (κ2) is 4.34. The van der Waals surface area contributed by atoms with Gasteiger partial charge in [-0.1, -0.05) is 6.07 Å². The SMILES string of the molecule is N#Cc1cccc(N2CCC3NCCC3C2)n1. The van der Waals surface area contributed by atoms with Crippen molar-refractivity contribution in [3.05, 3.63) is 23.9 Å². The lowest BCUT2D eigenvalue weighted by atomic mass is 9.93. The normalized spacial score (nSPS) is 27.6. The van der Waals surface area contributed by atoms with E-state index in [2.05, 4.69) is 21.3 Å². The summed E-state index contributed by atoms with van der Waals surface area (Å²) in [5.41, 5.74) is 0.508. The highest BCUT2D eigenvalue weighted by Crippen LogP contribution is 2.27. The van der Waals surface area contributed by atoms with Crippen LogP contribution in [0.1, 0.15) is 18.5 Å². The fourth-order valence-corrected chi connectivity index (χ4v) is 2.92. The zero-order valence-electron chi connectivity index (χ0n) is 9.76. The quantitative estimate of drug-likeness (QED) is 0.783. The summed E-state index contributed by atoms with van der Waals surface area (Å²) >= 11 is 0. The molecule has 3 rings (SSSR count). The molecule has 2 unspecified atom stereocenters. The number of hydrogen-bond acceptors (Lipinski definition) is 4. The van der Waals surface area contributed by atoms with Crippen LogP contribution in [-0.4, -0.2) is 30.7 Å². The van der Waals surface area contributed by atoms with E-state index in [-0.39, 0.29) is 0 Å². The van der Waals surface area contributed by atoms with Crippen LogP contribution in [0.4, 0.5) is 5.82 Å². The zero-order chi connectivity index (χ0) is 11.7. The lowest BCUT2D eigenvalue weighted by Crippen LogP contribution is -2.44. The predicted octanol–water partition coefficient (Wildman–Crippen LogP) is 1.14. The first-order chi connectivity index (χ1) is 8.36. The van der Waals surface area contributed by atoms with Crippen LogP contribution in [-0.2, 0) is 0 Å². The van der Waals surface area contributed by atoms with Crippen molar-refractivity contribution in [3.8, 4) is 6.07 Å². The van der Waals surface area contributed by atoms with E-state index >= 15 is 0 Å². The van der Waals surface area contributed by atoms with E-state index in [1.165, 1.54) is 12.8 Å². The molecule has 3 heterocycles. The zero-order valence-corrected chi connectivity index (χ0v) is 9.76. The van der Waals surface area contributed by atoms with Gasteiger partial charge >= 0.3 is 0 Å². The summed E-state index contributed by atoms with van der Waals surface area (Å²) in [4.78, 5) is 6.69. The van der Waals surface area contributed by atoms with Crippen molar-refractivity contribution < 1.29 is 0 Å². The van der Waals surface area contributed by atoms with Crippen LogP contribution in [0.25, 0.3) is 0 Å². The third kappa shape index (κ3) is 1.98. The molecule has 0 amide bonds. The van der Waals surface area contributed by atoms with Gasteiger partial charge in [-0.15, -0.1) is 0 Å². The molecule has 0 aliphatic carbocycles. The number of fused-ring (bicyclic) bond motifs is 1. The van der Waals surface area contributed by atoms with Gasteiger partial charge in [0.05, 0.1) is 0 Å². The number of nitrogens with zero attached hydrogens (tertiary/aromatic N) is 3. The molecule has 2 saturated heterocycles. The van der Waals surface area contributed by atoms with E-state index in [1.54, 1.807) is 6.07 Å². The van der Waals surface area contributed by atoms with Gasteiger partial charge in [0.15, 0.2) is 0 Å². The molecule has 0 bridgehead atoms. The Labute approximate surface area is 101 Å². The van der Waals surface area contributed by atoms with E-state index < -0.39 is 0 Å². The molecule has 2 fully saturated rings. The van der Waals surface area contributed by atoms with Crippen molar-refractivity contribution in [2.45, 2.75) is 18.9 Å². The number of piperidine rings is 1. The van der Waals surface area contributed by atoms with Crippen molar-refractivity contribution in [1.82, 2.24) is 10.3 Å². The number of anilines is 1. The number of pyridine rings is 1. The maximum absolute atomic E-state index is 8.87. The van der Waals surface area contributed by atoms with Gasteiger partial charge in [-0.05, 0) is 37.4 Å². The minimum Gasteiger partial charge on any atom is -0.356 e. The third-order valence-corrected chi connectivity index (χ3v) is 3.83. The molecule has 2 aliphatic heterocycles. The Hall–Kier alpha value is -1.60. The summed E-state index contributed by atoms with van der Waals surface area (Å²) in [6.07, 6.45) is 2.45. The molecule has 0 saturated carbocycles. The molecule has 1 aromatic heterocycles. The maximum atomic E-state index is 8.87. The van der Waals surface area contributed by atoms with Crippen LogP contribution >= 0.6 is 0 Å². The van der Waals surface area contributed by atoms with Gasteiger partial charge in [0, 0.05) is 19.1 Å². The van der Waals surface area contributed by atoms with E-state index in [1.807, 2.05) is 12.1 Å². The highest BCUT2D eigenvalue weighted by Gasteiger charge is 2.32. The van der Waals surface area contributed by atoms with Gasteiger partial charge < -0.3 is 10.2 Å². The van der Waals surface area contributed by atoms with Gasteiger partial charge in [-0.25, -0.2) is 4.98 Å². The molecule has 2 aliphatic rings. The van der Waals surface area contributed by atoms with Crippen LogP contribution < -0.4 is 10.2 Å². The van der Waals surface area contributed by atoms with Gasteiger partial charge in [-0.2, -0.15) is 5.26 Å². The number of nitrogens with one attached hydrogen (secondary N) is 1. The fourth-order valence-electron chi connectivity index (χ4n) is 2.92. The molecule has 88 valence electrons. The first-order valence-electron chi connectivity index (χ1n) is 6.22. The van der Waals surface area contributed by atoms with Crippen molar-refractivity contribution in [1.29, 1.82) is 5.26 Å². The molecule has 1 N–H and O–H groups in total. The molecule has 1 aromatic rings. The monoisotopic (exact) mass is 228 g/mol. The average molecular weight is 228 g/mol. The summed E-state index contributed by atoms with van der Waals surface area (Å²) in [7, 11) is 0. The largest absolute Gasteiger partial charge is 0.356 e. The average Bonchev–Trinajstić information content (AvgIpc) is 2.86. The lowest BCUT2D eigenvalue weighted by Gasteiger charge is -2.35. The highest BCUT2D eigenvalue weighted by molar-refractivity contribution is 5.42. The molecule has 0 radical (unpaired) electrons. The van der Waals surface area contributed by atoms with Gasteiger partial charge in [0.25, 0.3) is 0 Å². The van der Waals surface area contributed by atoms with Crippen LogP contribution in [0.2, 0.25) is 0 Å². The number of aromatic nitrogens is 1. The fraction of sp³-hybridized carbons (Fsp3) is 0.538. The minimum absolute atomic E-state index is 0.508. The molecule has 4 nitrogen and oxygen atoms in total. The predicted molar refractivity (Wildman–Crippen MR) is 65.7 cm³/mol. The van der Waals surface area contributed by atoms with Crippen molar-refractivity contribution >= 4 is 5.82 Å². The Morgan fingerprint density at radius 2 is 2.35 bits per heavy atom. The first-order valence-corrected chi connectivity index (χ1v) is 6.22. The topological polar surface area (TPSA) is 52.0 Å². The second-order valence-corrected chi connectivity index (χ2v) is 4.84. The summed E-state index contributed by atoms with van der Waals surface area (Å²) < 4.78 is 0. The molecular formula is C13H16N4. The number of nitriles is 1. The van der Waals surface area contributed by atoms with Crippen LogP contribution in [0.15, 0.2) is 18.2 Å². The number of hydrogen-bond donors (Lipinski definition) is 1. The van der Waals surface area contributed by atoms with E-state index in [0.29, 0.717) is 11.7 Å². The van der Waals surface area contributed by atoms with E-state index in [0.717, 1.165) is 31.4 Å². The van der Waals surface area contributed by atoms with Crippen LogP contribution in [0.3, 0.4) is 0 Å². The Kier molecular flexibility index (Phi) is 2.69.